The van der Waals surface area contributed by atoms with E-state index in [0.29, 0.717) is 12.1 Å². The summed E-state index contributed by atoms with van der Waals surface area (Å²) < 4.78 is 0. The molecule has 1 aliphatic heterocycles. The number of aromatic nitrogens is 1. The van der Waals surface area contributed by atoms with E-state index in [1.54, 1.807) is 0 Å². The van der Waals surface area contributed by atoms with Crippen molar-refractivity contribution in [3.8, 4) is 0 Å². The van der Waals surface area contributed by atoms with Gasteiger partial charge in [0.15, 0.2) is 0 Å². The molecule has 0 bridgehead atoms. The summed E-state index contributed by atoms with van der Waals surface area (Å²) in [6.07, 6.45) is 12.0. The van der Waals surface area contributed by atoms with Crippen molar-refractivity contribution in [1.29, 1.82) is 0 Å². The largest absolute Gasteiger partial charge is 0.314 e. The molecule has 20 heavy (non-hydrogen) atoms. The molecule has 110 valence electrons. The highest BCUT2D eigenvalue weighted by Crippen LogP contribution is 2.32. The Bertz CT molecular complexity index is 400. The van der Waals surface area contributed by atoms with Crippen LogP contribution in [0.3, 0.4) is 0 Å². The topological polar surface area (TPSA) is 37.0 Å². The average molecular weight is 273 g/mol. The molecule has 0 aromatic carbocycles. The van der Waals surface area contributed by atoms with Gasteiger partial charge in [0.2, 0.25) is 0 Å². The summed E-state index contributed by atoms with van der Waals surface area (Å²) in [6.45, 7) is 3.48. The highest BCUT2D eigenvalue weighted by molar-refractivity contribution is 5.13. The van der Waals surface area contributed by atoms with Gasteiger partial charge in [-0.05, 0) is 56.7 Å². The van der Waals surface area contributed by atoms with Crippen molar-refractivity contribution in [2.75, 3.05) is 6.54 Å². The molecular formula is C17H27N3. The van der Waals surface area contributed by atoms with Gasteiger partial charge in [-0.1, -0.05) is 18.9 Å². The van der Waals surface area contributed by atoms with Crippen LogP contribution < -0.4 is 10.6 Å². The Morgan fingerprint density at radius 1 is 1.25 bits per heavy atom. The van der Waals surface area contributed by atoms with Gasteiger partial charge in [0.05, 0.1) is 0 Å². The van der Waals surface area contributed by atoms with E-state index in [1.165, 1.54) is 50.6 Å². The highest BCUT2D eigenvalue weighted by Gasteiger charge is 2.33. The molecule has 4 unspecified atom stereocenters. The second kappa shape index (κ2) is 6.68. The molecule has 1 saturated heterocycles. The van der Waals surface area contributed by atoms with Gasteiger partial charge in [-0.15, -0.1) is 0 Å². The van der Waals surface area contributed by atoms with Crippen molar-refractivity contribution in [2.45, 2.75) is 63.6 Å². The zero-order chi connectivity index (χ0) is 13.8. The van der Waals surface area contributed by atoms with Crippen LogP contribution in [0.25, 0.3) is 0 Å². The molecule has 0 radical (unpaired) electrons. The van der Waals surface area contributed by atoms with Crippen LogP contribution in [0.15, 0.2) is 24.5 Å². The van der Waals surface area contributed by atoms with Crippen molar-refractivity contribution < 1.29 is 0 Å². The Morgan fingerprint density at radius 2 is 2.15 bits per heavy atom. The molecule has 0 spiro atoms. The van der Waals surface area contributed by atoms with Crippen molar-refractivity contribution in [2.24, 2.45) is 5.92 Å². The number of nitrogens with one attached hydrogen (secondary N) is 2. The van der Waals surface area contributed by atoms with Crippen molar-refractivity contribution in [3.05, 3.63) is 30.1 Å². The predicted octanol–water partition coefficient (Wildman–Crippen LogP) is 3.04. The second-order valence-electron chi connectivity index (χ2n) is 6.43. The molecule has 2 N–H and O–H groups in total. The molecule has 0 amide bonds. The molecular weight excluding hydrogens is 246 g/mol. The van der Waals surface area contributed by atoms with Gasteiger partial charge in [-0.25, -0.2) is 0 Å². The maximum absolute atomic E-state index is 4.24. The Labute approximate surface area is 122 Å². The molecule has 2 heterocycles. The third-order valence-corrected chi connectivity index (χ3v) is 5.08. The first-order valence-electron chi connectivity index (χ1n) is 8.24. The van der Waals surface area contributed by atoms with E-state index in [0.717, 1.165) is 12.0 Å². The third kappa shape index (κ3) is 3.21. The van der Waals surface area contributed by atoms with Crippen molar-refractivity contribution >= 4 is 0 Å². The number of nitrogens with zero attached hydrogens (tertiary/aromatic N) is 1. The Hall–Kier alpha value is -0.930. The van der Waals surface area contributed by atoms with Crippen LogP contribution in [0.5, 0.6) is 0 Å². The lowest BCUT2D eigenvalue weighted by atomic mass is 9.79. The van der Waals surface area contributed by atoms with E-state index in [2.05, 4.69) is 28.6 Å². The van der Waals surface area contributed by atoms with Crippen LogP contribution in [0.1, 0.15) is 57.1 Å². The molecule has 2 aliphatic rings. The van der Waals surface area contributed by atoms with E-state index >= 15 is 0 Å². The third-order valence-electron chi connectivity index (χ3n) is 5.08. The van der Waals surface area contributed by atoms with Crippen molar-refractivity contribution in [3.63, 3.8) is 0 Å². The minimum absolute atomic E-state index is 0.399. The van der Waals surface area contributed by atoms with Gasteiger partial charge in [0.25, 0.3) is 0 Å². The fraction of sp³-hybridized carbons (Fsp3) is 0.706. The lowest BCUT2D eigenvalue weighted by Crippen LogP contribution is -2.47. The quantitative estimate of drug-likeness (QED) is 0.885. The maximum atomic E-state index is 4.24. The Kier molecular flexibility index (Phi) is 4.69. The van der Waals surface area contributed by atoms with Crippen LogP contribution in [0.2, 0.25) is 0 Å². The van der Waals surface area contributed by atoms with E-state index in [1.807, 2.05) is 18.5 Å². The smallest absolute Gasteiger partial charge is 0.0315 e. The highest BCUT2D eigenvalue weighted by atomic mass is 15.0. The van der Waals surface area contributed by atoms with E-state index < -0.39 is 0 Å². The average Bonchev–Trinajstić information content (AvgIpc) is 3.03. The Balaban J connectivity index is 1.64. The molecule has 2 fully saturated rings. The first-order valence-corrected chi connectivity index (χ1v) is 8.24. The zero-order valence-electron chi connectivity index (χ0n) is 12.5. The first-order chi connectivity index (χ1) is 9.84. The minimum atomic E-state index is 0.399. The first kappa shape index (κ1) is 14.0. The molecule has 1 aliphatic carbocycles. The van der Waals surface area contributed by atoms with Crippen LogP contribution in [0.4, 0.5) is 0 Å². The molecule has 1 aromatic rings. The van der Waals surface area contributed by atoms with Gasteiger partial charge >= 0.3 is 0 Å². The summed E-state index contributed by atoms with van der Waals surface area (Å²) in [5.74, 6) is 0.811. The maximum Gasteiger partial charge on any atom is 0.0315 e. The molecule has 3 nitrogen and oxygen atoms in total. The second-order valence-corrected chi connectivity index (χ2v) is 6.43. The van der Waals surface area contributed by atoms with Gasteiger partial charge in [0, 0.05) is 30.5 Å². The van der Waals surface area contributed by atoms with Gasteiger partial charge in [-0.3, -0.25) is 4.98 Å². The summed E-state index contributed by atoms with van der Waals surface area (Å²) in [7, 11) is 0. The summed E-state index contributed by atoms with van der Waals surface area (Å²) >= 11 is 0. The monoisotopic (exact) mass is 273 g/mol. The lowest BCUT2D eigenvalue weighted by molar-refractivity contribution is 0.203. The van der Waals surface area contributed by atoms with Crippen LogP contribution in [0, 0.1) is 5.92 Å². The summed E-state index contributed by atoms with van der Waals surface area (Å²) in [4.78, 5) is 4.24. The zero-order valence-corrected chi connectivity index (χ0v) is 12.5. The molecule has 1 saturated carbocycles. The normalized spacial score (nSPS) is 32.1. The number of hydrogen-bond acceptors (Lipinski definition) is 3. The SMILES string of the molecule is CC(NC1CCCCC1C1CCCN1)c1cccnc1. The number of pyridine rings is 1. The standard InChI is InChI=1S/C17H27N3/c1-13(14-6-4-10-18-12-14)20-17-8-3-2-7-15(17)16-9-5-11-19-16/h4,6,10,12-13,15-17,19-20H,2-3,5,7-9,11H2,1H3. The summed E-state index contributed by atoms with van der Waals surface area (Å²) in [6, 6.07) is 6.01. The number of hydrogen-bond donors (Lipinski definition) is 2. The van der Waals surface area contributed by atoms with E-state index in [-0.39, 0.29) is 0 Å². The van der Waals surface area contributed by atoms with Crippen LogP contribution in [-0.2, 0) is 0 Å². The van der Waals surface area contributed by atoms with Gasteiger partial charge in [-0.2, -0.15) is 0 Å². The van der Waals surface area contributed by atoms with Crippen LogP contribution >= 0.6 is 0 Å². The molecule has 3 rings (SSSR count). The fourth-order valence-corrected chi connectivity index (χ4v) is 3.97. The molecule has 1 aromatic heterocycles. The Morgan fingerprint density at radius 3 is 2.90 bits per heavy atom. The molecule has 3 heteroatoms. The van der Waals surface area contributed by atoms with Gasteiger partial charge in [0.1, 0.15) is 0 Å². The lowest BCUT2D eigenvalue weighted by Gasteiger charge is -2.38. The van der Waals surface area contributed by atoms with Crippen LogP contribution in [-0.4, -0.2) is 23.6 Å². The van der Waals surface area contributed by atoms with E-state index in [4.69, 9.17) is 0 Å². The van der Waals surface area contributed by atoms with Crippen molar-refractivity contribution in [1.82, 2.24) is 15.6 Å². The molecule has 4 atom stereocenters. The number of rotatable bonds is 4. The van der Waals surface area contributed by atoms with E-state index in [9.17, 15) is 0 Å². The predicted molar refractivity (Wildman–Crippen MR) is 82.6 cm³/mol. The summed E-state index contributed by atoms with van der Waals surface area (Å²) in [5.41, 5.74) is 1.30. The summed E-state index contributed by atoms with van der Waals surface area (Å²) in [5, 5.41) is 7.60. The minimum Gasteiger partial charge on any atom is -0.314 e. The van der Waals surface area contributed by atoms with Gasteiger partial charge < -0.3 is 10.6 Å². The fourth-order valence-electron chi connectivity index (χ4n) is 3.97.